The number of nitrogens with zero attached hydrogens (tertiary/aromatic N) is 1. The number of hydrogen-bond donors (Lipinski definition) is 1. The van der Waals surface area contributed by atoms with Crippen molar-refractivity contribution in [1.82, 2.24) is 9.88 Å². The summed E-state index contributed by atoms with van der Waals surface area (Å²) in [5.41, 5.74) is 1.63. The Bertz CT molecular complexity index is 932. The molecule has 1 aromatic carbocycles. The molecule has 0 radical (unpaired) electrons. The van der Waals surface area contributed by atoms with E-state index in [1.807, 2.05) is 39.0 Å². The van der Waals surface area contributed by atoms with Crippen LogP contribution in [0, 0.1) is 5.92 Å². The lowest BCUT2D eigenvalue weighted by atomic mass is 10.1. The molecule has 1 N–H and O–H groups in total. The molecule has 33 heavy (non-hydrogen) atoms. The van der Waals surface area contributed by atoms with E-state index < -0.39 is 5.60 Å². The van der Waals surface area contributed by atoms with Crippen LogP contribution in [0.1, 0.15) is 66.2 Å². The first-order valence-corrected chi connectivity index (χ1v) is 11.6. The zero-order valence-electron chi connectivity index (χ0n) is 21.2. The SMILES string of the molecule is C=C(C)OCCC(C)(C)OOC(CC(C)C)n1cc(CCNC(C)=O)c2cc(OC)ccc21. The Morgan fingerprint density at radius 2 is 1.97 bits per heavy atom. The molecule has 0 saturated carbocycles. The number of carbonyl (C=O) groups is 1. The highest BCUT2D eigenvalue weighted by Gasteiger charge is 2.25. The molecule has 0 spiro atoms. The van der Waals surface area contributed by atoms with Gasteiger partial charge < -0.3 is 19.4 Å². The van der Waals surface area contributed by atoms with Crippen molar-refractivity contribution < 1.29 is 24.0 Å². The van der Waals surface area contributed by atoms with E-state index in [0.29, 0.717) is 37.7 Å². The molecule has 1 heterocycles. The number of aromatic nitrogens is 1. The topological polar surface area (TPSA) is 71.0 Å². The minimum Gasteiger partial charge on any atom is -0.499 e. The predicted octanol–water partition coefficient (Wildman–Crippen LogP) is 5.54. The number of amides is 1. The smallest absolute Gasteiger partial charge is 0.216 e. The number of allylic oxidation sites excluding steroid dienone is 1. The van der Waals surface area contributed by atoms with Crippen LogP contribution >= 0.6 is 0 Å². The molecule has 7 heteroatoms. The molecule has 1 unspecified atom stereocenters. The van der Waals surface area contributed by atoms with Crippen molar-refractivity contribution in [1.29, 1.82) is 0 Å². The van der Waals surface area contributed by atoms with E-state index in [4.69, 9.17) is 19.2 Å². The first kappa shape index (κ1) is 26.7. The monoisotopic (exact) mass is 460 g/mol. The number of methoxy groups -OCH3 is 1. The zero-order valence-corrected chi connectivity index (χ0v) is 21.2. The van der Waals surface area contributed by atoms with Crippen molar-refractivity contribution in [3.05, 3.63) is 42.3 Å². The minimum absolute atomic E-state index is 0.0383. The molecule has 0 aliphatic heterocycles. The van der Waals surface area contributed by atoms with Crippen LogP contribution in [0.5, 0.6) is 5.75 Å². The van der Waals surface area contributed by atoms with Crippen molar-refractivity contribution in [2.75, 3.05) is 20.3 Å². The average molecular weight is 461 g/mol. The van der Waals surface area contributed by atoms with Gasteiger partial charge in [0, 0.05) is 31.5 Å². The van der Waals surface area contributed by atoms with E-state index in [1.165, 1.54) is 6.92 Å². The number of rotatable bonds is 14. The second-order valence-corrected chi connectivity index (χ2v) is 9.50. The standard InChI is InChI=1S/C26H40N2O5/c1-18(2)15-25(32-33-26(6,7)12-14-31-19(3)4)28-17-21(11-13-27-20(5)29)23-16-22(30-8)9-10-24(23)28/h9-10,16-18,25H,3,11-15H2,1-2,4-8H3,(H,27,29). The Kier molecular flexibility index (Phi) is 9.80. The van der Waals surface area contributed by atoms with Crippen LogP contribution in [0.3, 0.4) is 0 Å². The molecule has 0 saturated heterocycles. The molecule has 1 aromatic heterocycles. The quantitative estimate of drug-likeness (QED) is 0.228. The minimum atomic E-state index is -0.523. The van der Waals surface area contributed by atoms with Gasteiger partial charge in [-0.2, -0.15) is 0 Å². The van der Waals surface area contributed by atoms with Crippen LogP contribution in [-0.2, 0) is 25.7 Å². The Labute approximate surface area is 198 Å². The van der Waals surface area contributed by atoms with Gasteiger partial charge in [-0.1, -0.05) is 20.4 Å². The van der Waals surface area contributed by atoms with Gasteiger partial charge in [0.1, 0.15) is 11.4 Å². The second-order valence-electron chi connectivity index (χ2n) is 9.50. The lowest BCUT2D eigenvalue weighted by molar-refractivity contribution is -0.396. The molecule has 2 aromatic rings. The van der Waals surface area contributed by atoms with Gasteiger partial charge in [0.05, 0.1) is 25.0 Å². The molecule has 2 rings (SSSR count). The van der Waals surface area contributed by atoms with Crippen molar-refractivity contribution in [2.24, 2.45) is 5.92 Å². The molecule has 0 aliphatic rings. The molecule has 1 amide bonds. The number of hydrogen-bond acceptors (Lipinski definition) is 5. The second kappa shape index (κ2) is 12.1. The van der Waals surface area contributed by atoms with Gasteiger partial charge in [-0.15, -0.1) is 0 Å². The molecular weight excluding hydrogens is 420 g/mol. The Hall–Kier alpha value is -2.51. The van der Waals surface area contributed by atoms with Crippen molar-refractivity contribution in [3.8, 4) is 5.75 Å². The van der Waals surface area contributed by atoms with E-state index in [1.54, 1.807) is 7.11 Å². The molecule has 1 atom stereocenters. The summed E-state index contributed by atoms with van der Waals surface area (Å²) in [4.78, 5) is 23.3. The van der Waals surface area contributed by atoms with E-state index in [9.17, 15) is 4.79 Å². The maximum atomic E-state index is 11.3. The summed E-state index contributed by atoms with van der Waals surface area (Å²) >= 11 is 0. The van der Waals surface area contributed by atoms with Crippen LogP contribution < -0.4 is 10.1 Å². The number of fused-ring (bicyclic) bond motifs is 1. The average Bonchev–Trinajstić information content (AvgIpc) is 3.08. The van der Waals surface area contributed by atoms with Crippen LogP contribution in [0.2, 0.25) is 0 Å². The van der Waals surface area contributed by atoms with Crippen molar-refractivity contribution in [3.63, 3.8) is 0 Å². The van der Waals surface area contributed by atoms with Gasteiger partial charge in [0.15, 0.2) is 6.23 Å². The summed E-state index contributed by atoms with van der Waals surface area (Å²) in [6.45, 7) is 16.5. The van der Waals surface area contributed by atoms with Crippen LogP contribution in [-0.4, -0.2) is 36.3 Å². The maximum absolute atomic E-state index is 11.3. The predicted molar refractivity (Wildman–Crippen MR) is 131 cm³/mol. The van der Waals surface area contributed by atoms with E-state index in [2.05, 4.69) is 36.5 Å². The molecular formula is C26H40N2O5. The third kappa shape index (κ3) is 8.41. The highest BCUT2D eigenvalue weighted by molar-refractivity contribution is 5.85. The van der Waals surface area contributed by atoms with Gasteiger partial charge >= 0.3 is 0 Å². The fraction of sp³-hybridized carbons (Fsp3) is 0.577. The lowest BCUT2D eigenvalue weighted by Gasteiger charge is -2.28. The zero-order chi connectivity index (χ0) is 24.6. The fourth-order valence-electron chi connectivity index (χ4n) is 3.54. The number of carbonyl (C=O) groups excluding carboxylic acids is 1. The Morgan fingerprint density at radius 3 is 2.58 bits per heavy atom. The number of ether oxygens (including phenoxy) is 2. The van der Waals surface area contributed by atoms with Crippen molar-refractivity contribution in [2.45, 2.75) is 72.6 Å². The summed E-state index contributed by atoms with van der Waals surface area (Å²) < 4.78 is 13.1. The number of benzene rings is 1. The number of nitrogens with one attached hydrogen (secondary N) is 1. The molecule has 0 bridgehead atoms. The lowest BCUT2D eigenvalue weighted by Crippen LogP contribution is -2.29. The van der Waals surface area contributed by atoms with Gasteiger partial charge in [0.25, 0.3) is 0 Å². The van der Waals surface area contributed by atoms with Gasteiger partial charge in [-0.05, 0) is 63.3 Å². The highest BCUT2D eigenvalue weighted by Crippen LogP contribution is 2.32. The summed E-state index contributed by atoms with van der Waals surface area (Å²) in [5.74, 6) is 1.83. The molecule has 0 aliphatic carbocycles. The Balaban J connectivity index is 2.30. The summed E-state index contributed by atoms with van der Waals surface area (Å²) in [6, 6.07) is 6.02. The van der Waals surface area contributed by atoms with Crippen molar-refractivity contribution >= 4 is 16.8 Å². The Morgan fingerprint density at radius 1 is 1.24 bits per heavy atom. The van der Waals surface area contributed by atoms with E-state index >= 15 is 0 Å². The first-order chi connectivity index (χ1) is 15.5. The van der Waals surface area contributed by atoms with Crippen LogP contribution in [0.15, 0.2) is 36.7 Å². The summed E-state index contributed by atoms with van der Waals surface area (Å²) in [5, 5.41) is 3.95. The van der Waals surface area contributed by atoms with E-state index in [0.717, 1.165) is 28.6 Å². The summed E-state index contributed by atoms with van der Waals surface area (Å²) in [7, 11) is 1.66. The van der Waals surface area contributed by atoms with Gasteiger partial charge in [-0.3, -0.25) is 4.79 Å². The first-order valence-electron chi connectivity index (χ1n) is 11.6. The van der Waals surface area contributed by atoms with Crippen LogP contribution in [0.25, 0.3) is 10.9 Å². The maximum Gasteiger partial charge on any atom is 0.216 e. The molecule has 7 nitrogen and oxygen atoms in total. The third-order valence-electron chi connectivity index (χ3n) is 5.31. The fourth-order valence-corrected chi connectivity index (χ4v) is 3.54. The van der Waals surface area contributed by atoms with Gasteiger partial charge in [0.2, 0.25) is 5.91 Å². The normalized spacial score (nSPS) is 12.7. The largest absolute Gasteiger partial charge is 0.499 e. The highest BCUT2D eigenvalue weighted by atomic mass is 17.2. The van der Waals surface area contributed by atoms with Gasteiger partial charge in [-0.25, -0.2) is 9.78 Å². The summed E-state index contributed by atoms with van der Waals surface area (Å²) in [6.07, 6.45) is 3.94. The third-order valence-corrected chi connectivity index (χ3v) is 5.31. The molecule has 0 fully saturated rings. The molecule has 184 valence electrons. The van der Waals surface area contributed by atoms with Crippen LogP contribution in [0.4, 0.5) is 0 Å². The van der Waals surface area contributed by atoms with E-state index in [-0.39, 0.29) is 12.1 Å².